The second-order valence-corrected chi connectivity index (χ2v) is 4.88. The highest BCUT2D eigenvalue weighted by molar-refractivity contribution is 4.92. The van der Waals surface area contributed by atoms with Gasteiger partial charge in [-0.2, -0.15) is 0 Å². The van der Waals surface area contributed by atoms with Gasteiger partial charge in [0.1, 0.15) is 0 Å². The van der Waals surface area contributed by atoms with E-state index in [0.29, 0.717) is 0 Å². The van der Waals surface area contributed by atoms with Gasteiger partial charge in [0, 0.05) is 0 Å². The fourth-order valence-corrected chi connectivity index (χ4v) is 2.71. The zero-order valence-corrected chi connectivity index (χ0v) is 10.3. The normalized spacial score (nSPS) is 22.9. The molecule has 15 heavy (non-hydrogen) atoms. The first-order chi connectivity index (χ1) is 7.38. The molecule has 0 saturated heterocycles. The molecule has 0 heterocycles. The molecule has 0 aliphatic heterocycles. The molecule has 0 amide bonds. The van der Waals surface area contributed by atoms with Crippen LogP contribution in [0.3, 0.4) is 0 Å². The van der Waals surface area contributed by atoms with Gasteiger partial charge in [-0.05, 0) is 50.5 Å². The number of nitrogens with two attached hydrogens (primary N) is 1. The topological polar surface area (TPSA) is 26.0 Å². The number of unbranched alkanes of at least 4 members (excludes halogenated alkanes) is 1. The predicted molar refractivity (Wildman–Crippen MR) is 67.8 cm³/mol. The molecule has 2 unspecified atom stereocenters. The molecular formula is C14H27N. The number of allylic oxidation sites excluding steroid dienone is 2. The Kier molecular flexibility index (Phi) is 6.74. The van der Waals surface area contributed by atoms with Crippen molar-refractivity contribution < 1.29 is 0 Å². The fourth-order valence-electron chi connectivity index (χ4n) is 2.71. The SMILES string of the molecule is CCCCC(CCCN)C1CC=CCC1. The lowest BCUT2D eigenvalue weighted by Gasteiger charge is -2.28. The third-order valence-corrected chi connectivity index (χ3v) is 3.68. The van der Waals surface area contributed by atoms with Gasteiger partial charge in [0.2, 0.25) is 0 Å². The van der Waals surface area contributed by atoms with E-state index in [1.807, 2.05) is 0 Å². The van der Waals surface area contributed by atoms with Crippen molar-refractivity contribution in [2.75, 3.05) is 6.54 Å². The van der Waals surface area contributed by atoms with Crippen LogP contribution >= 0.6 is 0 Å². The molecule has 88 valence electrons. The highest BCUT2D eigenvalue weighted by Gasteiger charge is 2.20. The molecule has 2 atom stereocenters. The van der Waals surface area contributed by atoms with E-state index in [0.717, 1.165) is 18.4 Å². The molecular weight excluding hydrogens is 182 g/mol. The minimum absolute atomic E-state index is 0.866. The smallest absolute Gasteiger partial charge is 0.00772 e. The summed E-state index contributed by atoms with van der Waals surface area (Å²) < 4.78 is 0. The lowest BCUT2D eigenvalue weighted by molar-refractivity contribution is 0.265. The zero-order valence-electron chi connectivity index (χ0n) is 10.3. The van der Waals surface area contributed by atoms with Gasteiger partial charge in [0.25, 0.3) is 0 Å². The molecule has 1 rings (SSSR count). The molecule has 1 aliphatic carbocycles. The first kappa shape index (κ1) is 12.8. The molecule has 0 spiro atoms. The van der Waals surface area contributed by atoms with E-state index >= 15 is 0 Å². The summed E-state index contributed by atoms with van der Waals surface area (Å²) >= 11 is 0. The molecule has 1 nitrogen and oxygen atoms in total. The van der Waals surface area contributed by atoms with Crippen molar-refractivity contribution in [3.63, 3.8) is 0 Å². The van der Waals surface area contributed by atoms with Gasteiger partial charge in [-0.1, -0.05) is 38.3 Å². The highest BCUT2D eigenvalue weighted by atomic mass is 14.5. The standard InChI is InChI=1S/C14H27N/c1-2-3-8-13(11-7-12-15)14-9-5-4-6-10-14/h4-5,13-14H,2-3,6-12,15H2,1H3. The van der Waals surface area contributed by atoms with Crippen molar-refractivity contribution in [1.82, 2.24) is 0 Å². The highest BCUT2D eigenvalue weighted by Crippen LogP contribution is 2.32. The lowest BCUT2D eigenvalue weighted by atomic mass is 9.78. The average Bonchev–Trinajstić information content (AvgIpc) is 2.30. The van der Waals surface area contributed by atoms with E-state index in [-0.39, 0.29) is 0 Å². The Morgan fingerprint density at radius 3 is 2.67 bits per heavy atom. The van der Waals surface area contributed by atoms with Crippen LogP contribution in [0, 0.1) is 11.8 Å². The summed E-state index contributed by atoms with van der Waals surface area (Å²) in [5, 5.41) is 0. The van der Waals surface area contributed by atoms with E-state index in [4.69, 9.17) is 5.73 Å². The van der Waals surface area contributed by atoms with Crippen LogP contribution in [0.5, 0.6) is 0 Å². The molecule has 0 radical (unpaired) electrons. The molecule has 0 saturated carbocycles. The third-order valence-electron chi connectivity index (χ3n) is 3.68. The van der Waals surface area contributed by atoms with E-state index in [1.54, 1.807) is 0 Å². The van der Waals surface area contributed by atoms with Crippen LogP contribution in [0.15, 0.2) is 12.2 Å². The van der Waals surface area contributed by atoms with Crippen LogP contribution in [-0.2, 0) is 0 Å². The van der Waals surface area contributed by atoms with E-state index in [1.165, 1.54) is 51.4 Å². The maximum absolute atomic E-state index is 5.62. The Hall–Kier alpha value is -0.300. The first-order valence-corrected chi connectivity index (χ1v) is 6.73. The summed E-state index contributed by atoms with van der Waals surface area (Å²) in [5.41, 5.74) is 5.62. The lowest BCUT2D eigenvalue weighted by Crippen LogP contribution is -2.17. The molecule has 0 aromatic carbocycles. The van der Waals surface area contributed by atoms with E-state index < -0.39 is 0 Å². The first-order valence-electron chi connectivity index (χ1n) is 6.73. The number of rotatable bonds is 7. The minimum atomic E-state index is 0.866. The Balaban J connectivity index is 2.35. The Morgan fingerprint density at radius 2 is 2.07 bits per heavy atom. The van der Waals surface area contributed by atoms with Crippen LogP contribution in [-0.4, -0.2) is 6.54 Å². The minimum Gasteiger partial charge on any atom is -0.330 e. The molecule has 0 bridgehead atoms. The summed E-state index contributed by atoms with van der Waals surface area (Å²) in [6.45, 7) is 3.16. The van der Waals surface area contributed by atoms with Crippen LogP contribution in [0.25, 0.3) is 0 Å². The summed E-state index contributed by atoms with van der Waals surface area (Å²) in [7, 11) is 0. The van der Waals surface area contributed by atoms with Gasteiger partial charge >= 0.3 is 0 Å². The molecule has 0 aromatic rings. The van der Waals surface area contributed by atoms with Gasteiger partial charge in [0.15, 0.2) is 0 Å². The maximum atomic E-state index is 5.62. The Bertz CT molecular complexity index is 166. The van der Waals surface area contributed by atoms with Gasteiger partial charge in [-0.15, -0.1) is 0 Å². The second-order valence-electron chi connectivity index (χ2n) is 4.88. The average molecular weight is 209 g/mol. The molecule has 0 aromatic heterocycles. The molecule has 1 aliphatic rings. The van der Waals surface area contributed by atoms with Crippen molar-refractivity contribution in [2.24, 2.45) is 17.6 Å². The molecule has 0 fully saturated rings. The van der Waals surface area contributed by atoms with Crippen molar-refractivity contribution in [2.45, 2.75) is 58.3 Å². The summed E-state index contributed by atoms with van der Waals surface area (Å²) in [6.07, 6.45) is 15.5. The Morgan fingerprint density at radius 1 is 1.27 bits per heavy atom. The van der Waals surface area contributed by atoms with Gasteiger partial charge in [-0.25, -0.2) is 0 Å². The van der Waals surface area contributed by atoms with Crippen LogP contribution < -0.4 is 5.73 Å². The van der Waals surface area contributed by atoms with Crippen LogP contribution in [0.1, 0.15) is 58.3 Å². The second kappa shape index (κ2) is 7.92. The fraction of sp³-hybridized carbons (Fsp3) is 0.857. The zero-order chi connectivity index (χ0) is 10.9. The molecule has 1 heteroatoms. The van der Waals surface area contributed by atoms with Crippen LogP contribution in [0.4, 0.5) is 0 Å². The number of hydrogen-bond donors (Lipinski definition) is 1. The third kappa shape index (κ3) is 4.83. The van der Waals surface area contributed by atoms with Crippen molar-refractivity contribution in [1.29, 1.82) is 0 Å². The van der Waals surface area contributed by atoms with Gasteiger partial charge < -0.3 is 5.73 Å². The summed E-state index contributed by atoms with van der Waals surface area (Å²) in [5.74, 6) is 1.89. The molecule has 2 N–H and O–H groups in total. The van der Waals surface area contributed by atoms with Gasteiger partial charge in [0.05, 0.1) is 0 Å². The van der Waals surface area contributed by atoms with E-state index in [2.05, 4.69) is 19.1 Å². The monoisotopic (exact) mass is 209 g/mol. The van der Waals surface area contributed by atoms with Crippen molar-refractivity contribution in [3.8, 4) is 0 Å². The largest absolute Gasteiger partial charge is 0.330 e. The van der Waals surface area contributed by atoms with Crippen molar-refractivity contribution in [3.05, 3.63) is 12.2 Å². The predicted octanol–water partition coefficient (Wildman–Crippen LogP) is 3.89. The Labute approximate surface area is 95.1 Å². The summed E-state index contributed by atoms with van der Waals surface area (Å²) in [6, 6.07) is 0. The quantitative estimate of drug-likeness (QED) is 0.632. The van der Waals surface area contributed by atoms with E-state index in [9.17, 15) is 0 Å². The van der Waals surface area contributed by atoms with Crippen LogP contribution in [0.2, 0.25) is 0 Å². The number of hydrogen-bond acceptors (Lipinski definition) is 1. The van der Waals surface area contributed by atoms with Gasteiger partial charge in [-0.3, -0.25) is 0 Å². The van der Waals surface area contributed by atoms with Crippen molar-refractivity contribution >= 4 is 0 Å². The maximum Gasteiger partial charge on any atom is -0.00772 e. The summed E-state index contributed by atoms with van der Waals surface area (Å²) in [4.78, 5) is 0.